The number of benzene rings is 1. The average molecular weight is 250 g/mol. The third kappa shape index (κ3) is 3.49. The van der Waals surface area contributed by atoms with Crippen LogP contribution in [-0.4, -0.2) is 17.7 Å². The lowest BCUT2D eigenvalue weighted by Gasteiger charge is -2.22. The van der Waals surface area contributed by atoms with Crippen LogP contribution < -0.4 is 4.74 Å². The minimum Gasteiger partial charge on any atom is -0.493 e. The molecule has 0 aliphatic heterocycles. The molecule has 0 aliphatic carbocycles. The standard InChI is InChI=1S/C15H22O3/c1-6-18-14-10(2)7-12(15(3,4)5)8-11(14)9-13(16)17/h7-8H,6,9H2,1-5H3,(H,16,17). The lowest BCUT2D eigenvalue weighted by molar-refractivity contribution is -0.136. The van der Waals surface area contributed by atoms with Gasteiger partial charge in [0.1, 0.15) is 5.75 Å². The number of ether oxygens (including phenoxy) is 1. The molecule has 100 valence electrons. The molecular formula is C15H22O3. The number of rotatable bonds is 4. The van der Waals surface area contributed by atoms with Crippen LogP contribution in [0.3, 0.4) is 0 Å². The summed E-state index contributed by atoms with van der Waals surface area (Å²) in [6, 6.07) is 4.03. The van der Waals surface area contributed by atoms with Gasteiger partial charge in [-0.15, -0.1) is 0 Å². The van der Waals surface area contributed by atoms with Gasteiger partial charge in [-0.25, -0.2) is 0 Å². The Kier molecular flexibility index (Phi) is 4.38. The Morgan fingerprint density at radius 1 is 1.33 bits per heavy atom. The Morgan fingerprint density at radius 3 is 2.39 bits per heavy atom. The number of carboxylic acid groups (broad SMARTS) is 1. The van der Waals surface area contributed by atoms with E-state index in [0.717, 1.165) is 16.7 Å². The maximum Gasteiger partial charge on any atom is 0.307 e. The number of hydrogen-bond acceptors (Lipinski definition) is 2. The summed E-state index contributed by atoms with van der Waals surface area (Å²) in [6.07, 6.45) is 0.0000926. The normalized spacial score (nSPS) is 11.4. The molecule has 0 amide bonds. The highest BCUT2D eigenvalue weighted by Gasteiger charge is 2.19. The highest BCUT2D eigenvalue weighted by molar-refractivity contribution is 5.72. The van der Waals surface area contributed by atoms with Gasteiger partial charge < -0.3 is 9.84 Å². The molecule has 0 fully saturated rings. The molecule has 0 bridgehead atoms. The second-order valence-corrected chi connectivity index (χ2v) is 5.53. The fraction of sp³-hybridized carbons (Fsp3) is 0.533. The fourth-order valence-corrected chi connectivity index (χ4v) is 1.93. The van der Waals surface area contributed by atoms with Gasteiger partial charge in [0.15, 0.2) is 0 Å². The van der Waals surface area contributed by atoms with Crippen LogP contribution in [0, 0.1) is 6.92 Å². The second-order valence-electron chi connectivity index (χ2n) is 5.53. The van der Waals surface area contributed by atoms with Crippen molar-refractivity contribution in [1.82, 2.24) is 0 Å². The van der Waals surface area contributed by atoms with E-state index in [2.05, 4.69) is 26.8 Å². The van der Waals surface area contributed by atoms with Gasteiger partial charge in [-0.3, -0.25) is 4.79 Å². The number of aryl methyl sites for hydroxylation is 1. The van der Waals surface area contributed by atoms with Gasteiger partial charge >= 0.3 is 5.97 Å². The fourth-order valence-electron chi connectivity index (χ4n) is 1.93. The summed E-state index contributed by atoms with van der Waals surface area (Å²) >= 11 is 0. The number of hydrogen-bond donors (Lipinski definition) is 1. The molecule has 1 rings (SSSR count). The summed E-state index contributed by atoms with van der Waals surface area (Å²) in [7, 11) is 0. The molecule has 0 saturated carbocycles. The molecule has 0 saturated heterocycles. The predicted molar refractivity (Wildman–Crippen MR) is 72.4 cm³/mol. The van der Waals surface area contributed by atoms with Crippen molar-refractivity contribution in [2.24, 2.45) is 0 Å². The van der Waals surface area contributed by atoms with Gasteiger partial charge in [-0.2, -0.15) is 0 Å². The summed E-state index contributed by atoms with van der Waals surface area (Å²) in [5, 5.41) is 8.99. The van der Waals surface area contributed by atoms with E-state index in [-0.39, 0.29) is 11.8 Å². The van der Waals surface area contributed by atoms with Crippen molar-refractivity contribution < 1.29 is 14.6 Å². The van der Waals surface area contributed by atoms with E-state index < -0.39 is 5.97 Å². The van der Waals surface area contributed by atoms with Crippen LogP contribution in [0.1, 0.15) is 44.4 Å². The zero-order chi connectivity index (χ0) is 13.9. The highest BCUT2D eigenvalue weighted by Crippen LogP contribution is 2.31. The quantitative estimate of drug-likeness (QED) is 0.891. The van der Waals surface area contributed by atoms with E-state index in [9.17, 15) is 4.79 Å². The third-order valence-corrected chi connectivity index (χ3v) is 2.85. The van der Waals surface area contributed by atoms with Crippen LogP contribution in [0.5, 0.6) is 5.75 Å². The average Bonchev–Trinajstić information content (AvgIpc) is 2.20. The van der Waals surface area contributed by atoms with Gasteiger partial charge in [0.25, 0.3) is 0 Å². The zero-order valence-corrected chi connectivity index (χ0v) is 11.8. The minimum absolute atomic E-state index is 0.0000926. The Bertz CT molecular complexity index is 442. The first kappa shape index (κ1) is 14.6. The Hall–Kier alpha value is -1.51. The maximum absolute atomic E-state index is 10.9. The Labute approximate surface area is 109 Å². The van der Waals surface area contributed by atoms with Crippen molar-refractivity contribution in [2.75, 3.05) is 6.61 Å². The van der Waals surface area contributed by atoms with E-state index in [0.29, 0.717) is 12.4 Å². The number of carbonyl (C=O) groups is 1. The van der Waals surface area contributed by atoms with Crippen LogP contribution in [0.15, 0.2) is 12.1 Å². The molecule has 1 N–H and O–H groups in total. The van der Waals surface area contributed by atoms with Gasteiger partial charge in [0.05, 0.1) is 13.0 Å². The summed E-state index contributed by atoms with van der Waals surface area (Å²) in [5.41, 5.74) is 2.90. The summed E-state index contributed by atoms with van der Waals surface area (Å²) in [5.74, 6) is -0.116. The monoisotopic (exact) mass is 250 g/mol. The summed E-state index contributed by atoms with van der Waals surface area (Å²) in [4.78, 5) is 10.9. The molecule has 0 atom stereocenters. The molecule has 1 aromatic rings. The number of aliphatic carboxylic acids is 1. The molecule has 0 radical (unpaired) electrons. The first-order chi connectivity index (χ1) is 8.25. The SMILES string of the molecule is CCOc1c(C)cc(C(C)(C)C)cc1CC(=O)O. The third-order valence-electron chi connectivity index (χ3n) is 2.85. The zero-order valence-electron chi connectivity index (χ0n) is 11.8. The molecule has 1 aromatic carbocycles. The van der Waals surface area contributed by atoms with E-state index in [1.807, 2.05) is 19.9 Å². The van der Waals surface area contributed by atoms with Crippen molar-refractivity contribution in [3.63, 3.8) is 0 Å². The van der Waals surface area contributed by atoms with Crippen molar-refractivity contribution >= 4 is 5.97 Å². The first-order valence-electron chi connectivity index (χ1n) is 6.24. The van der Waals surface area contributed by atoms with Gasteiger partial charge in [-0.1, -0.05) is 32.9 Å². The molecule has 0 spiro atoms. The Balaban J connectivity index is 3.32. The first-order valence-corrected chi connectivity index (χ1v) is 6.24. The van der Waals surface area contributed by atoms with Crippen LogP contribution in [-0.2, 0) is 16.6 Å². The summed E-state index contributed by atoms with van der Waals surface area (Å²) in [6.45, 7) is 10.8. The molecule has 0 aromatic heterocycles. The van der Waals surface area contributed by atoms with Gasteiger partial charge in [0, 0.05) is 5.56 Å². The molecule has 3 nitrogen and oxygen atoms in total. The van der Waals surface area contributed by atoms with E-state index in [4.69, 9.17) is 9.84 Å². The molecule has 0 aliphatic rings. The second kappa shape index (κ2) is 5.42. The van der Waals surface area contributed by atoms with Crippen molar-refractivity contribution in [3.8, 4) is 5.75 Å². The lowest BCUT2D eigenvalue weighted by atomic mass is 9.84. The highest BCUT2D eigenvalue weighted by atomic mass is 16.5. The van der Waals surface area contributed by atoms with Crippen molar-refractivity contribution in [2.45, 2.75) is 46.5 Å². The van der Waals surface area contributed by atoms with Crippen LogP contribution >= 0.6 is 0 Å². The van der Waals surface area contributed by atoms with E-state index in [1.54, 1.807) is 0 Å². The van der Waals surface area contributed by atoms with Gasteiger partial charge in [0.2, 0.25) is 0 Å². The van der Waals surface area contributed by atoms with Crippen LogP contribution in [0.4, 0.5) is 0 Å². The Morgan fingerprint density at radius 2 is 1.94 bits per heavy atom. The summed E-state index contributed by atoms with van der Waals surface area (Å²) < 4.78 is 5.57. The van der Waals surface area contributed by atoms with Crippen LogP contribution in [0.2, 0.25) is 0 Å². The van der Waals surface area contributed by atoms with Gasteiger partial charge in [-0.05, 0) is 30.4 Å². The molecule has 0 unspecified atom stereocenters. The number of carboxylic acids is 1. The molecule has 18 heavy (non-hydrogen) atoms. The minimum atomic E-state index is -0.832. The smallest absolute Gasteiger partial charge is 0.307 e. The molecule has 3 heteroatoms. The molecular weight excluding hydrogens is 228 g/mol. The van der Waals surface area contributed by atoms with E-state index >= 15 is 0 Å². The van der Waals surface area contributed by atoms with Crippen molar-refractivity contribution in [3.05, 3.63) is 28.8 Å². The molecule has 0 heterocycles. The largest absolute Gasteiger partial charge is 0.493 e. The topological polar surface area (TPSA) is 46.5 Å². The predicted octanol–water partition coefficient (Wildman–Crippen LogP) is 3.32. The van der Waals surface area contributed by atoms with E-state index in [1.165, 1.54) is 0 Å². The maximum atomic E-state index is 10.9. The van der Waals surface area contributed by atoms with Crippen molar-refractivity contribution in [1.29, 1.82) is 0 Å². The lowest BCUT2D eigenvalue weighted by Crippen LogP contribution is -2.14. The van der Waals surface area contributed by atoms with Crippen LogP contribution in [0.25, 0.3) is 0 Å².